The Kier molecular flexibility index (Phi) is 6.02. The molecule has 1 aromatic heterocycles. The standard InChI is InChI=1S/C21H24F4N4O2/c1-12-3-4-17(16(22)5-12)28-19-13(2)20(27-11-26-19)31-18-14-6-29(10-21(23,24)25)7-15(18)9-30-8-14/h3-5,11,14-15,18H,6-10H2,1-2H3,(H,26,27,28). The lowest BCUT2D eigenvalue weighted by Gasteiger charge is -2.46. The molecule has 2 saturated heterocycles. The number of fused-ring (bicyclic) bond motifs is 2. The Morgan fingerprint density at radius 3 is 2.52 bits per heavy atom. The molecule has 2 aromatic rings. The Balaban J connectivity index is 1.50. The molecule has 2 aliphatic heterocycles. The molecule has 2 bridgehead atoms. The quantitative estimate of drug-likeness (QED) is 0.713. The molecule has 0 spiro atoms. The van der Waals surface area contributed by atoms with Gasteiger partial charge in [0.25, 0.3) is 0 Å². The van der Waals surface area contributed by atoms with Crippen molar-refractivity contribution < 1.29 is 27.0 Å². The van der Waals surface area contributed by atoms with Gasteiger partial charge in [0, 0.05) is 24.9 Å². The first kappa shape index (κ1) is 21.8. The number of nitrogens with one attached hydrogen (secondary N) is 1. The largest absolute Gasteiger partial charge is 0.473 e. The minimum Gasteiger partial charge on any atom is -0.473 e. The molecule has 2 fully saturated rings. The minimum atomic E-state index is -4.24. The second-order valence-corrected chi connectivity index (χ2v) is 8.21. The van der Waals surface area contributed by atoms with Crippen molar-refractivity contribution in [1.29, 1.82) is 0 Å². The molecule has 1 N–H and O–H groups in total. The fourth-order valence-electron chi connectivity index (χ4n) is 4.23. The summed E-state index contributed by atoms with van der Waals surface area (Å²) in [6.07, 6.45) is -3.23. The number of aryl methyl sites for hydroxylation is 1. The van der Waals surface area contributed by atoms with E-state index < -0.39 is 18.5 Å². The third-order valence-corrected chi connectivity index (χ3v) is 5.64. The number of rotatable bonds is 5. The van der Waals surface area contributed by atoms with Crippen molar-refractivity contribution in [2.24, 2.45) is 11.8 Å². The van der Waals surface area contributed by atoms with E-state index in [1.54, 1.807) is 26.0 Å². The summed E-state index contributed by atoms with van der Waals surface area (Å²) in [6, 6.07) is 4.84. The number of aromatic nitrogens is 2. The van der Waals surface area contributed by atoms with Gasteiger partial charge in [-0.25, -0.2) is 14.4 Å². The highest BCUT2D eigenvalue weighted by molar-refractivity contribution is 5.61. The van der Waals surface area contributed by atoms with Crippen LogP contribution in [-0.4, -0.2) is 60.0 Å². The van der Waals surface area contributed by atoms with Gasteiger partial charge in [0.05, 0.1) is 31.0 Å². The summed E-state index contributed by atoms with van der Waals surface area (Å²) in [4.78, 5) is 9.82. The van der Waals surface area contributed by atoms with Gasteiger partial charge < -0.3 is 14.8 Å². The molecule has 1 aromatic carbocycles. The topological polar surface area (TPSA) is 59.5 Å². The zero-order chi connectivity index (χ0) is 22.2. The van der Waals surface area contributed by atoms with E-state index in [1.165, 1.54) is 17.3 Å². The van der Waals surface area contributed by atoms with E-state index in [9.17, 15) is 17.6 Å². The Hall–Kier alpha value is -2.46. The van der Waals surface area contributed by atoms with Gasteiger partial charge in [-0.2, -0.15) is 13.2 Å². The van der Waals surface area contributed by atoms with Crippen LogP contribution >= 0.6 is 0 Å². The van der Waals surface area contributed by atoms with Gasteiger partial charge in [0.1, 0.15) is 24.1 Å². The molecule has 3 heterocycles. The molecule has 4 rings (SSSR count). The summed E-state index contributed by atoms with van der Waals surface area (Å²) in [5, 5.41) is 2.96. The Morgan fingerprint density at radius 1 is 1.16 bits per heavy atom. The van der Waals surface area contributed by atoms with Gasteiger partial charge in [-0.3, -0.25) is 4.90 Å². The van der Waals surface area contributed by atoms with Crippen LogP contribution in [0.25, 0.3) is 0 Å². The van der Waals surface area contributed by atoms with E-state index in [2.05, 4.69) is 15.3 Å². The highest BCUT2D eigenvalue weighted by Crippen LogP contribution is 2.34. The van der Waals surface area contributed by atoms with Crippen LogP contribution in [0.1, 0.15) is 11.1 Å². The van der Waals surface area contributed by atoms with Gasteiger partial charge in [-0.05, 0) is 31.5 Å². The summed E-state index contributed by atoms with van der Waals surface area (Å²) >= 11 is 0. The first-order valence-corrected chi connectivity index (χ1v) is 10.1. The van der Waals surface area contributed by atoms with Crippen molar-refractivity contribution in [3.05, 3.63) is 41.5 Å². The molecule has 0 radical (unpaired) electrons. The average molecular weight is 440 g/mol. The molecule has 10 heteroatoms. The van der Waals surface area contributed by atoms with Gasteiger partial charge in [-0.1, -0.05) is 6.07 Å². The third kappa shape index (κ3) is 5.07. The number of alkyl halides is 3. The number of likely N-dealkylation sites (tertiary alicyclic amines) is 1. The zero-order valence-corrected chi connectivity index (χ0v) is 17.2. The molecule has 31 heavy (non-hydrogen) atoms. The molecule has 6 nitrogen and oxygen atoms in total. The molecule has 0 aliphatic carbocycles. The highest BCUT2D eigenvalue weighted by Gasteiger charge is 2.45. The van der Waals surface area contributed by atoms with Crippen LogP contribution in [0.5, 0.6) is 5.88 Å². The second kappa shape index (κ2) is 8.58. The number of nitrogens with zero attached hydrogens (tertiary/aromatic N) is 3. The van der Waals surface area contributed by atoms with Crippen molar-refractivity contribution in [2.75, 3.05) is 38.2 Å². The van der Waals surface area contributed by atoms with Crippen molar-refractivity contribution in [1.82, 2.24) is 14.9 Å². The van der Waals surface area contributed by atoms with Crippen LogP contribution in [0.3, 0.4) is 0 Å². The first-order chi connectivity index (χ1) is 14.7. The smallest absolute Gasteiger partial charge is 0.401 e. The molecule has 0 amide bonds. The maximum atomic E-state index is 14.2. The Bertz CT molecular complexity index is 926. The van der Waals surface area contributed by atoms with Crippen LogP contribution in [-0.2, 0) is 4.74 Å². The monoisotopic (exact) mass is 440 g/mol. The first-order valence-electron chi connectivity index (χ1n) is 10.1. The lowest BCUT2D eigenvalue weighted by atomic mass is 9.84. The van der Waals surface area contributed by atoms with E-state index in [0.29, 0.717) is 30.5 Å². The van der Waals surface area contributed by atoms with Crippen molar-refractivity contribution in [2.45, 2.75) is 26.1 Å². The minimum absolute atomic E-state index is 0.199. The van der Waals surface area contributed by atoms with Crippen molar-refractivity contribution in [3.63, 3.8) is 0 Å². The van der Waals surface area contributed by atoms with Crippen molar-refractivity contribution >= 4 is 11.5 Å². The lowest BCUT2D eigenvalue weighted by molar-refractivity contribution is -0.172. The fourth-order valence-corrected chi connectivity index (χ4v) is 4.23. The van der Waals surface area contributed by atoms with Crippen LogP contribution in [0.2, 0.25) is 0 Å². The van der Waals surface area contributed by atoms with E-state index in [-0.39, 0.29) is 36.7 Å². The SMILES string of the molecule is Cc1ccc(Nc2ncnc(OC3C4COCC3CN(CC(F)(F)F)C4)c2C)c(F)c1. The number of hydrogen-bond acceptors (Lipinski definition) is 6. The molecule has 2 aliphatic rings. The number of piperidine rings is 1. The van der Waals surface area contributed by atoms with Crippen LogP contribution in [0.4, 0.5) is 29.1 Å². The van der Waals surface area contributed by atoms with Gasteiger partial charge in [0.15, 0.2) is 0 Å². The third-order valence-electron chi connectivity index (χ3n) is 5.64. The Labute approximate surface area is 177 Å². The van der Waals surface area contributed by atoms with Crippen molar-refractivity contribution in [3.8, 4) is 5.88 Å². The molecular formula is C21H24F4N4O2. The average Bonchev–Trinajstić information content (AvgIpc) is 2.66. The maximum Gasteiger partial charge on any atom is 0.401 e. The predicted octanol–water partition coefficient (Wildman–Crippen LogP) is 3.86. The molecule has 2 unspecified atom stereocenters. The summed E-state index contributed by atoms with van der Waals surface area (Å²) in [5.74, 6) is -0.0607. The number of halogens is 4. The van der Waals surface area contributed by atoms with Crippen LogP contribution in [0, 0.1) is 31.5 Å². The summed E-state index contributed by atoms with van der Waals surface area (Å²) in [6.45, 7) is 3.77. The second-order valence-electron chi connectivity index (χ2n) is 8.21. The molecule has 2 atom stereocenters. The Morgan fingerprint density at radius 2 is 1.87 bits per heavy atom. The van der Waals surface area contributed by atoms with Crippen LogP contribution in [0.15, 0.2) is 24.5 Å². The van der Waals surface area contributed by atoms with Gasteiger partial charge in [-0.15, -0.1) is 0 Å². The summed E-state index contributed by atoms with van der Waals surface area (Å²) in [7, 11) is 0. The molecular weight excluding hydrogens is 416 g/mol. The van der Waals surface area contributed by atoms with E-state index >= 15 is 0 Å². The summed E-state index contributed by atoms with van der Waals surface area (Å²) < 4.78 is 64.5. The summed E-state index contributed by atoms with van der Waals surface area (Å²) in [5.41, 5.74) is 1.68. The van der Waals surface area contributed by atoms with Gasteiger partial charge in [0.2, 0.25) is 5.88 Å². The molecule has 0 saturated carbocycles. The van der Waals surface area contributed by atoms with Crippen LogP contribution < -0.4 is 10.1 Å². The van der Waals surface area contributed by atoms with E-state index in [0.717, 1.165) is 5.56 Å². The van der Waals surface area contributed by atoms with E-state index in [4.69, 9.17) is 9.47 Å². The number of anilines is 2. The zero-order valence-electron chi connectivity index (χ0n) is 17.2. The van der Waals surface area contributed by atoms with E-state index in [1.807, 2.05) is 0 Å². The fraction of sp³-hybridized carbons (Fsp3) is 0.524. The van der Waals surface area contributed by atoms with Gasteiger partial charge >= 0.3 is 6.18 Å². The molecule has 168 valence electrons. The predicted molar refractivity (Wildman–Crippen MR) is 106 cm³/mol. The number of benzene rings is 1. The maximum absolute atomic E-state index is 14.2. The highest BCUT2D eigenvalue weighted by atomic mass is 19.4. The number of hydrogen-bond donors (Lipinski definition) is 1. The lowest BCUT2D eigenvalue weighted by Crippen LogP contribution is -2.58. The normalized spacial score (nSPS) is 24.1. The number of ether oxygens (including phenoxy) is 2.